The van der Waals surface area contributed by atoms with Gasteiger partial charge >= 0.3 is 0 Å². The molecule has 1 unspecified atom stereocenters. The van der Waals surface area contributed by atoms with Crippen LogP contribution in [0.1, 0.15) is 38.0 Å². The molecular formula is C16H28N2O2. The van der Waals surface area contributed by atoms with Crippen LogP contribution in [0.25, 0.3) is 0 Å². The van der Waals surface area contributed by atoms with Crippen LogP contribution in [-0.2, 0) is 17.8 Å². The number of furan rings is 1. The predicted octanol–water partition coefficient (Wildman–Crippen LogP) is 2.64. The summed E-state index contributed by atoms with van der Waals surface area (Å²) in [5, 5.41) is 3.42. The van der Waals surface area contributed by atoms with Gasteiger partial charge in [-0.25, -0.2) is 0 Å². The summed E-state index contributed by atoms with van der Waals surface area (Å²) in [6, 6.07) is 2.59. The maximum absolute atomic E-state index is 5.62. The van der Waals surface area contributed by atoms with E-state index in [2.05, 4.69) is 30.1 Å². The molecule has 114 valence electrons. The van der Waals surface area contributed by atoms with Crippen LogP contribution in [-0.4, -0.2) is 37.7 Å². The van der Waals surface area contributed by atoms with E-state index in [0.29, 0.717) is 12.0 Å². The maximum Gasteiger partial charge on any atom is 0.122 e. The third-order valence-corrected chi connectivity index (χ3v) is 3.91. The first-order valence-corrected chi connectivity index (χ1v) is 7.69. The van der Waals surface area contributed by atoms with Gasteiger partial charge in [-0.1, -0.05) is 13.8 Å². The molecule has 1 aromatic rings. The molecule has 2 heterocycles. The number of rotatable bonds is 7. The first kappa shape index (κ1) is 15.5. The molecule has 4 heteroatoms. The third-order valence-electron chi connectivity index (χ3n) is 3.91. The lowest BCUT2D eigenvalue weighted by Crippen LogP contribution is -2.36. The van der Waals surface area contributed by atoms with Crippen molar-refractivity contribution in [1.29, 1.82) is 0 Å². The van der Waals surface area contributed by atoms with Crippen molar-refractivity contribution in [3.8, 4) is 0 Å². The van der Waals surface area contributed by atoms with Crippen LogP contribution in [0.3, 0.4) is 0 Å². The van der Waals surface area contributed by atoms with E-state index in [1.807, 2.05) is 6.26 Å². The standard InChI is InChI=1S/C16H28N2O2/c1-13(2)17-9-16-15(6-8-20-16)11-18-7-4-5-14(10-18)12-19-3/h6,8,13-14,17H,4-5,7,9-12H2,1-3H3. The molecule has 0 amide bonds. The van der Waals surface area contributed by atoms with Gasteiger partial charge in [0.25, 0.3) is 0 Å². The molecule has 1 aromatic heterocycles. The van der Waals surface area contributed by atoms with Gasteiger partial charge in [0.1, 0.15) is 5.76 Å². The van der Waals surface area contributed by atoms with Gasteiger partial charge in [-0.2, -0.15) is 0 Å². The fourth-order valence-electron chi connectivity index (χ4n) is 2.87. The fraction of sp³-hybridized carbons (Fsp3) is 0.750. The smallest absolute Gasteiger partial charge is 0.122 e. The molecule has 2 rings (SSSR count). The van der Waals surface area contributed by atoms with Crippen molar-refractivity contribution in [2.75, 3.05) is 26.8 Å². The molecule has 1 N–H and O–H groups in total. The van der Waals surface area contributed by atoms with Gasteiger partial charge < -0.3 is 14.5 Å². The molecule has 20 heavy (non-hydrogen) atoms. The Hall–Kier alpha value is -0.840. The molecule has 4 nitrogen and oxygen atoms in total. The van der Waals surface area contributed by atoms with Crippen LogP contribution in [0, 0.1) is 5.92 Å². The Morgan fingerprint density at radius 2 is 2.35 bits per heavy atom. The molecule has 1 atom stereocenters. The van der Waals surface area contributed by atoms with Crippen molar-refractivity contribution in [3.05, 3.63) is 23.7 Å². The van der Waals surface area contributed by atoms with E-state index in [9.17, 15) is 0 Å². The quantitative estimate of drug-likeness (QED) is 0.833. The van der Waals surface area contributed by atoms with Gasteiger partial charge in [-0.15, -0.1) is 0 Å². The molecule has 1 fully saturated rings. The number of nitrogens with one attached hydrogen (secondary N) is 1. The van der Waals surface area contributed by atoms with Gasteiger partial charge in [-0.3, -0.25) is 4.90 Å². The Morgan fingerprint density at radius 1 is 1.50 bits per heavy atom. The van der Waals surface area contributed by atoms with E-state index < -0.39 is 0 Å². The van der Waals surface area contributed by atoms with Gasteiger partial charge in [0, 0.05) is 31.8 Å². The number of likely N-dealkylation sites (tertiary alicyclic amines) is 1. The second-order valence-corrected chi connectivity index (χ2v) is 6.10. The topological polar surface area (TPSA) is 37.6 Å². The highest BCUT2D eigenvalue weighted by atomic mass is 16.5. The number of hydrogen-bond acceptors (Lipinski definition) is 4. The molecule has 0 saturated carbocycles. The Morgan fingerprint density at radius 3 is 3.10 bits per heavy atom. The molecular weight excluding hydrogens is 252 g/mol. The molecule has 0 spiro atoms. The summed E-state index contributed by atoms with van der Waals surface area (Å²) in [4.78, 5) is 2.52. The summed E-state index contributed by atoms with van der Waals surface area (Å²) in [5.74, 6) is 1.76. The molecule has 0 radical (unpaired) electrons. The second-order valence-electron chi connectivity index (χ2n) is 6.10. The van der Waals surface area contributed by atoms with Crippen LogP contribution in [0.2, 0.25) is 0 Å². The maximum atomic E-state index is 5.62. The van der Waals surface area contributed by atoms with Crippen LogP contribution < -0.4 is 5.32 Å². The second kappa shape index (κ2) is 7.81. The average Bonchev–Trinajstić information content (AvgIpc) is 2.84. The van der Waals surface area contributed by atoms with E-state index in [1.54, 1.807) is 7.11 Å². The Balaban J connectivity index is 1.87. The van der Waals surface area contributed by atoms with Crippen molar-refractivity contribution in [1.82, 2.24) is 10.2 Å². The third kappa shape index (κ3) is 4.62. The average molecular weight is 280 g/mol. The van der Waals surface area contributed by atoms with Crippen molar-refractivity contribution in [3.63, 3.8) is 0 Å². The Kier molecular flexibility index (Phi) is 6.07. The number of piperidine rings is 1. The van der Waals surface area contributed by atoms with Crippen LogP contribution in [0.15, 0.2) is 16.7 Å². The van der Waals surface area contributed by atoms with E-state index in [0.717, 1.165) is 32.0 Å². The molecule has 1 aliphatic heterocycles. The molecule has 0 aromatic carbocycles. The minimum atomic E-state index is 0.481. The SMILES string of the molecule is COCC1CCCN(Cc2ccoc2CNC(C)C)C1. The number of methoxy groups -OCH3 is 1. The lowest BCUT2D eigenvalue weighted by molar-refractivity contribution is 0.0871. The van der Waals surface area contributed by atoms with Gasteiger partial charge in [-0.05, 0) is 31.4 Å². The van der Waals surface area contributed by atoms with E-state index >= 15 is 0 Å². The Labute approximate surface area is 122 Å². The van der Waals surface area contributed by atoms with Gasteiger partial charge in [0.15, 0.2) is 0 Å². The Bertz CT molecular complexity index is 388. The predicted molar refractivity (Wildman–Crippen MR) is 80.6 cm³/mol. The van der Waals surface area contributed by atoms with Crippen molar-refractivity contribution >= 4 is 0 Å². The summed E-state index contributed by atoms with van der Waals surface area (Å²) in [6.07, 6.45) is 4.37. The van der Waals surface area contributed by atoms with Crippen molar-refractivity contribution < 1.29 is 9.15 Å². The zero-order chi connectivity index (χ0) is 14.4. The largest absolute Gasteiger partial charge is 0.468 e. The lowest BCUT2D eigenvalue weighted by Gasteiger charge is -2.32. The van der Waals surface area contributed by atoms with E-state index in [4.69, 9.17) is 9.15 Å². The summed E-state index contributed by atoms with van der Waals surface area (Å²) in [7, 11) is 1.80. The number of hydrogen-bond donors (Lipinski definition) is 1. The number of ether oxygens (including phenoxy) is 1. The highest BCUT2D eigenvalue weighted by Gasteiger charge is 2.21. The zero-order valence-corrected chi connectivity index (χ0v) is 13.0. The monoisotopic (exact) mass is 280 g/mol. The van der Waals surface area contributed by atoms with Crippen molar-refractivity contribution in [2.45, 2.75) is 45.8 Å². The highest BCUT2D eigenvalue weighted by molar-refractivity contribution is 5.17. The highest BCUT2D eigenvalue weighted by Crippen LogP contribution is 2.20. The first-order chi connectivity index (χ1) is 9.69. The minimum Gasteiger partial charge on any atom is -0.468 e. The molecule has 1 saturated heterocycles. The van der Waals surface area contributed by atoms with E-state index in [-0.39, 0.29) is 0 Å². The summed E-state index contributed by atoms with van der Waals surface area (Å²) in [5.41, 5.74) is 1.32. The molecule has 0 bridgehead atoms. The van der Waals surface area contributed by atoms with Gasteiger partial charge in [0.05, 0.1) is 19.4 Å². The summed E-state index contributed by atoms with van der Waals surface area (Å²) < 4.78 is 10.9. The molecule has 1 aliphatic rings. The number of nitrogens with zero attached hydrogens (tertiary/aromatic N) is 1. The van der Waals surface area contributed by atoms with E-state index in [1.165, 1.54) is 24.9 Å². The fourth-order valence-corrected chi connectivity index (χ4v) is 2.87. The minimum absolute atomic E-state index is 0.481. The van der Waals surface area contributed by atoms with Crippen LogP contribution in [0.5, 0.6) is 0 Å². The normalized spacial score (nSPS) is 20.7. The summed E-state index contributed by atoms with van der Waals surface area (Å²) >= 11 is 0. The van der Waals surface area contributed by atoms with Gasteiger partial charge in [0.2, 0.25) is 0 Å². The lowest BCUT2D eigenvalue weighted by atomic mass is 9.98. The zero-order valence-electron chi connectivity index (χ0n) is 13.0. The first-order valence-electron chi connectivity index (χ1n) is 7.69. The van der Waals surface area contributed by atoms with Crippen LogP contribution >= 0.6 is 0 Å². The van der Waals surface area contributed by atoms with Crippen LogP contribution in [0.4, 0.5) is 0 Å². The molecule has 0 aliphatic carbocycles. The van der Waals surface area contributed by atoms with Crippen molar-refractivity contribution in [2.24, 2.45) is 5.92 Å². The summed E-state index contributed by atoms with van der Waals surface area (Å²) in [6.45, 7) is 9.31.